The summed E-state index contributed by atoms with van der Waals surface area (Å²) in [5, 5.41) is 2.89. The molecule has 128 valence electrons. The Kier molecular flexibility index (Phi) is 7.62. The van der Waals surface area contributed by atoms with Crippen molar-refractivity contribution in [2.45, 2.75) is 25.2 Å². The van der Waals surface area contributed by atoms with Crippen LogP contribution >= 0.6 is 11.8 Å². The number of nitrogens with one attached hydrogen (secondary N) is 1. The van der Waals surface area contributed by atoms with Crippen molar-refractivity contribution in [3.8, 4) is 5.75 Å². The highest BCUT2D eigenvalue weighted by molar-refractivity contribution is 7.98. The standard InChI is InChI=1S/C19H22FNO2S/c1-2-18(23-17-10-8-16(20)9-11-17)19(22)21-12-13-24-14-15-6-4-3-5-7-15/h3-11,18H,2,12-14H2,1H3,(H,21,22)/t18-/m1/s1. The normalized spacial score (nSPS) is 11.8. The zero-order valence-electron chi connectivity index (χ0n) is 13.7. The first kappa shape index (κ1) is 18.3. The monoisotopic (exact) mass is 347 g/mol. The number of ether oxygens (including phenoxy) is 1. The molecule has 0 aliphatic carbocycles. The molecule has 0 aliphatic rings. The fourth-order valence-electron chi connectivity index (χ4n) is 2.12. The lowest BCUT2D eigenvalue weighted by molar-refractivity contribution is -0.127. The third-order valence-electron chi connectivity index (χ3n) is 3.41. The van der Waals surface area contributed by atoms with Crippen molar-refractivity contribution in [3.63, 3.8) is 0 Å². The van der Waals surface area contributed by atoms with Crippen molar-refractivity contribution in [1.29, 1.82) is 0 Å². The second kappa shape index (κ2) is 9.98. The fourth-order valence-corrected chi connectivity index (χ4v) is 2.94. The molecule has 2 aromatic carbocycles. The smallest absolute Gasteiger partial charge is 0.261 e. The Morgan fingerprint density at radius 2 is 1.88 bits per heavy atom. The Morgan fingerprint density at radius 3 is 2.54 bits per heavy atom. The van der Waals surface area contributed by atoms with E-state index in [2.05, 4.69) is 17.4 Å². The molecule has 0 aliphatic heterocycles. The van der Waals surface area contributed by atoms with Gasteiger partial charge in [0.1, 0.15) is 11.6 Å². The predicted octanol–water partition coefficient (Wildman–Crippen LogP) is 4.03. The number of halogens is 1. The van der Waals surface area contributed by atoms with Crippen molar-refractivity contribution in [2.24, 2.45) is 0 Å². The van der Waals surface area contributed by atoms with Crippen molar-refractivity contribution in [2.75, 3.05) is 12.3 Å². The number of rotatable bonds is 9. The van der Waals surface area contributed by atoms with E-state index in [1.54, 1.807) is 11.8 Å². The first-order chi connectivity index (χ1) is 11.7. The number of thioether (sulfide) groups is 1. The van der Waals surface area contributed by atoms with Crippen molar-refractivity contribution in [1.82, 2.24) is 5.32 Å². The SMILES string of the molecule is CC[C@@H](Oc1ccc(F)cc1)C(=O)NCCSCc1ccccc1. The highest BCUT2D eigenvalue weighted by Gasteiger charge is 2.17. The van der Waals surface area contributed by atoms with Gasteiger partial charge in [0.15, 0.2) is 6.10 Å². The summed E-state index contributed by atoms with van der Waals surface area (Å²) in [6.45, 7) is 2.48. The lowest BCUT2D eigenvalue weighted by Gasteiger charge is -2.17. The molecular formula is C19H22FNO2S. The summed E-state index contributed by atoms with van der Waals surface area (Å²) in [6, 6.07) is 15.9. The molecular weight excluding hydrogens is 325 g/mol. The van der Waals surface area contributed by atoms with Gasteiger partial charge in [0.05, 0.1) is 0 Å². The molecule has 0 spiro atoms. The zero-order valence-corrected chi connectivity index (χ0v) is 14.5. The molecule has 0 bridgehead atoms. The van der Waals surface area contributed by atoms with Gasteiger partial charge in [0, 0.05) is 18.1 Å². The number of carbonyl (C=O) groups excluding carboxylic acids is 1. The van der Waals surface area contributed by atoms with Crippen molar-refractivity contribution < 1.29 is 13.9 Å². The van der Waals surface area contributed by atoms with Gasteiger partial charge in [-0.1, -0.05) is 37.3 Å². The quantitative estimate of drug-likeness (QED) is 0.696. The van der Waals surface area contributed by atoms with Crippen LogP contribution in [-0.4, -0.2) is 24.3 Å². The molecule has 0 aromatic heterocycles. The van der Waals surface area contributed by atoms with Crippen LogP contribution in [-0.2, 0) is 10.5 Å². The number of hydrogen-bond acceptors (Lipinski definition) is 3. The van der Waals surface area contributed by atoms with Crippen LogP contribution in [0.3, 0.4) is 0 Å². The van der Waals surface area contributed by atoms with Gasteiger partial charge in [0.2, 0.25) is 0 Å². The van der Waals surface area contributed by atoms with Crippen LogP contribution in [0.2, 0.25) is 0 Å². The van der Waals surface area contributed by atoms with E-state index in [4.69, 9.17) is 4.74 Å². The van der Waals surface area contributed by atoms with Gasteiger partial charge in [0.25, 0.3) is 5.91 Å². The third-order valence-corrected chi connectivity index (χ3v) is 4.44. The van der Waals surface area contributed by atoms with E-state index in [1.165, 1.54) is 29.8 Å². The summed E-state index contributed by atoms with van der Waals surface area (Å²) in [5.74, 6) is 1.81. The maximum atomic E-state index is 12.9. The maximum Gasteiger partial charge on any atom is 0.261 e. The maximum absolute atomic E-state index is 12.9. The second-order valence-electron chi connectivity index (χ2n) is 5.30. The predicted molar refractivity (Wildman–Crippen MR) is 96.7 cm³/mol. The van der Waals surface area contributed by atoms with E-state index in [1.807, 2.05) is 25.1 Å². The molecule has 0 unspecified atom stereocenters. The number of benzene rings is 2. The number of carbonyl (C=O) groups is 1. The van der Waals surface area contributed by atoms with Crippen molar-refractivity contribution >= 4 is 17.7 Å². The van der Waals surface area contributed by atoms with Crippen LogP contribution in [0.1, 0.15) is 18.9 Å². The Labute approximate surface area is 146 Å². The van der Waals surface area contributed by atoms with E-state index in [0.29, 0.717) is 18.7 Å². The Bertz CT molecular complexity index is 619. The Hall–Kier alpha value is -2.01. The minimum Gasteiger partial charge on any atom is -0.481 e. The van der Waals surface area contributed by atoms with Gasteiger partial charge in [-0.05, 0) is 36.2 Å². The first-order valence-corrected chi connectivity index (χ1v) is 9.16. The number of amides is 1. The van der Waals surface area contributed by atoms with Crippen LogP contribution in [0.25, 0.3) is 0 Å². The van der Waals surface area contributed by atoms with E-state index < -0.39 is 6.10 Å². The molecule has 1 atom stereocenters. The van der Waals surface area contributed by atoms with E-state index in [9.17, 15) is 9.18 Å². The van der Waals surface area contributed by atoms with Gasteiger partial charge < -0.3 is 10.1 Å². The third kappa shape index (κ3) is 6.24. The molecule has 0 radical (unpaired) electrons. The summed E-state index contributed by atoms with van der Waals surface area (Å²) in [7, 11) is 0. The molecule has 2 aromatic rings. The van der Waals surface area contributed by atoms with Crippen LogP contribution in [0.5, 0.6) is 5.75 Å². The van der Waals surface area contributed by atoms with E-state index in [-0.39, 0.29) is 11.7 Å². The largest absolute Gasteiger partial charge is 0.481 e. The molecule has 5 heteroatoms. The van der Waals surface area contributed by atoms with Crippen LogP contribution in [0.4, 0.5) is 4.39 Å². The molecule has 1 N–H and O–H groups in total. The van der Waals surface area contributed by atoms with Gasteiger partial charge >= 0.3 is 0 Å². The van der Waals surface area contributed by atoms with Gasteiger partial charge in [-0.3, -0.25) is 4.79 Å². The lowest BCUT2D eigenvalue weighted by atomic mass is 10.2. The minimum atomic E-state index is -0.561. The van der Waals surface area contributed by atoms with Crippen LogP contribution < -0.4 is 10.1 Å². The number of hydrogen-bond donors (Lipinski definition) is 1. The second-order valence-corrected chi connectivity index (χ2v) is 6.40. The van der Waals surface area contributed by atoms with Gasteiger partial charge in [-0.15, -0.1) is 0 Å². The highest BCUT2D eigenvalue weighted by atomic mass is 32.2. The first-order valence-electron chi connectivity index (χ1n) is 8.00. The summed E-state index contributed by atoms with van der Waals surface area (Å²) < 4.78 is 18.5. The zero-order chi connectivity index (χ0) is 17.2. The minimum absolute atomic E-state index is 0.137. The van der Waals surface area contributed by atoms with E-state index in [0.717, 1.165) is 11.5 Å². The summed E-state index contributed by atoms with van der Waals surface area (Å²) >= 11 is 1.78. The van der Waals surface area contributed by atoms with Crippen LogP contribution in [0.15, 0.2) is 54.6 Å². The molecule has 24 heavy (non-hydrogen) atoms. The van der Waals surface area contributed by atoms with Gasteiger partial charge in [-0.2, -0.15) is 11.8 Å². The summed E-state index contributed by atoms with van der Waals surface area (Å²) in [4.78, 5) is 12.2. The Balaban J connectivity index is 1.68. The average molecular weight is 347 g/mol. The van der Waals surface area contributed by atoms with Crippen molar-refractivity contribution in [3.05, 3.63) is 66.0 Å². The summed E-state index contributed by atoms with van der Waals surface area (Å²) in [6.07, 6.45) is -0.00465. The Morgan fingerprint density at radius 1 is 1.17 bits per heavy atom. The average Bonchev–Trinajstić information content (AvgIpc) is 2.61. The lowest BCUT2D eigenvalue weighted by Crippen LogP contribution is -2.39. The highest BCUT2D eigenvalue weighted by Crippen LogP contribution is 2.15. The molecule has 0 saturated heterocycles. The van der Waals surface area contributed by atoms with Gasteiger partial charge in [-0.25, -0.2) is 4.39 Å². The molecule has 1 amide bonds. The molecule has 3 nitrogen and oxygen atoms in total. The molecule has 2 rings (SSSR count). The van der Waals surface area contributed by atoms with E-state index >= 15 is 0 Å². The van der Waals surface area contributed by atoms with Crippen LogP contribution in [0, 0.1) is 5.82 Å². The molecule has 0 fully saturated rings. The molecule has 0 heterocycles. The summed E-state index contributed by atoms with van der Waals surface area (Å²) in [5.41, 5.74) is 1.28. The fraction of sp³-hybridized carbons (Fsp3) is 0.316. The molecule has 0 saturated carbocycles. The topological polar surface area (TPSA) is 38.3 Å².